The highest BCUT2D eigenvalue weighted by Gasteiger charge is 2.34. The van der Waals surface area contributed by atoms with Crippen LogP contribution in [-0.2, 0) is 0 Å². The van der Waals surface area contributed by atoms with Gasteiger partial charge in [0.25, 0.3) is 5.91 Å². The van der Waals surface area contributed by atoms with E-state index in [2.05, 4.69) is 42.2 Å². The van der Waals surface area contributed by atoms with Gasteiger partial charge < -0.3 is 4.90 Å². The molecule has 5 rings (SSSR count). The Labute approximate surface area is 158 Å². The number of rotatable bonds is 3. The Balaban J connectivity index is 1.64. The zero-order valence-corrected chi connectivity index (χ0v) is 15.8. The Kier molecular flexibility index (Phi) is 3.78. The van der Waals surface area contributed by atoms with Crippen molar-refractivity contribution in [3.05, 3.63) is 58.5 Å². The summed E-state index contributed by atoms with van der Waals surface area (Å²) in [5, 5.41) is 8.12. The van der Waals surface area contributed by atoms with Gasteiger partial charge in [-0.25, -0.2) is 0 Å². The van der Waals surface area contributed by atoms with Crippen molar-refractivity contribution in [2.24, 2.45) is 0 Å². The van der Waals surface area contributed by atoms with Gasteiger partial charge in [0.2, 0.25) is 0 Å². The normalized spacial score (nSPS) is 19.8. The molecule has 5 nitrogen and oxygen atoms in total. The zero-order valence-electron chi connectivity index (χ0n) is 15.8. The maximum atomic E-state index is 13.6. The molecule has 27 heavy (non-hydrogen) atoms. The summed E-state index contributed by atoms with van der Waals surface area (Å²) < 4.78 is 0. The van der Waals surface area contributed by atoms with Crippen LogP contribution in [0.2, 0.25) is 0 Å². The van der Waals surface area contributed by atoms with E-state index >= 15 is 0 Å². The third kappa shape index (κ3) is 2.82. The Morgan fingerprint density at radius 1 is 1.19 bits per heavy atom. The largest absolute Gasteiger partial charge is 0.330 e. The molecule has 0 spiro atoms. The first-order valence-corrected chi connectivity index (χ1v) is 9.84. The van der Waals surface area contributed by atoms with E-state index < -0.39 is 0 Å². The summed E-state index contributed by atoms with van der Waals surface area (Å²) in [7, 11) is 0. The van der Waals surface area contributed by atoms with Crippen LogP contribution in [0, 0.1) is 13.8 Å². The monoisotopic (exact) mass is 360 g/mol. The molecule has 3 heterocycles. The maximum absolute atomic E-state index is 13.6. The number of H-pyrrole nitrogens is 1. The SMILES string of the molecule is Cc1cc(C)c2nc(C3CC3)cc(C(=O)N3CCCC3c3ccn[nH]3)c2c1. The number of likely N-dealkylation sites (tertiary alicyclic amines) is 1. The molecule has 1 aliphatic heterocycles. The van der Waals surface area contributed by atoms with Crippen LogP contribution in [0.15, 0.2) is 30.5 Å². The first kappa shape index (κ1) is 16.5. The van der Waals surface area contributed by atoms with Gasteiger partial charge in [0.05, 0.1) is 22.8 Å². The van der Waals surface area contributed by atoms with Crippen LogP contribution in [0.4, 0.5) is 0 Å². The molecule has 2 aliphatic rings. The lowest BCUT2D eigenvalue weighted by Crippen LogP contribution is -2.31. The molecule has 1 N–H and O–H groups in total. The molecule has 5 heteroatoms. The van der Waals surface area contributed by atoms with Crippen molar-refractivity contribution in [1.82, 2.24) is 20.1 Å². The van der Waals surface area contributed by atoms with E-state index in [9.17, 15) is 4.79 Å². The summed E-state index contributed by atoms with van der Waals surface area (Å²) in [5.74, 6) is 0.634. The number of benzene rings is 1. The number of aromatic nitrogens is 3. The highest BCUT2D eigenvalue weighted by molar-refractivity contribution is 6.07. The van der Waals surface area contributed by atoms with Crippen LogP contribution in [0.5, 0.6) is 0 Å². The molecule has 1 atom stereocenters. The summed E-state index contributed by atoms with van der Waals surface area (Å²) in [6.45, 7) is 4.96. The zero-order chi connectivity index (χ0) is 18.5. The van der Waals surface area contributed by atoms with Gasteiger partial charge in [0.1, 0.15) is 0 Å². The van der Waals surface area contributed by atoms with Gasteiger partial charge in [-0.2, -0.15) is 5.10 Å². The molecule has 3 aromatic rings. The minimum absolute atomic E-state index is 0.0819. The lowest BCUT2D eigenvalue weighted by Gasteiger charge is -2.25. The summed E-state index contributed by atoms with van der Waals surface area (Å²) in [4.78, 5) is 20.6. The van der Waals surface area contributed by atoms with Crippen LogP contribution >= 0.6 is 0 Å². The number of nitrogens with one attached hydrogen (secondary N) is 1. The third-order valence-corrected chi connectivity index (χ3v) is 5.89. The second-order valence-electron chi connectivity index (χ2n) is 8.02. The van der Waals surface area contributed by atoms with Crippen molar-refractivity contribution in [2.75, 3.05) is 6.54 Å². The van der Waals surface area contributed by atoms with Gasteiger partial charge >= 0.3 is 0 Å². The fourth-order valence-corrected chi connectivity index (χ4v) is 4.41. The molecule has 1 saturated carbocycles. The van der Waals surface area contributed by atoms with E-state index in [0.29, 0.717) is 5.92 Å². The number of pyridine rings is 1. The van der Waals surface area contributed by atoms with Crippen molar-refractivity contribution >= 4 is 16.8 Å². The van der Waals surface area contributed by atoms with Gasteiger partial charge in [-0.05, 0) is 63.3 Å². The summed E-state index contributed by atoms with van der Waals surface area (Å²) >= 11 is 0. The standard InChI is InChI=1S/C22H24N4O/c1-13-10-14(2)21-16(11-13)17(12-19(24-21)15-5-6-15)22(27)26-9-3-4-20(26)18-7-8-23-25-18/h7-8,10-12,15,20H,3-6,9H2,1-2H3,(H,23,25). The van der Waals surface area contributed by atoms with Crippen molar-refractivity contribution in [2.45, 2.75) is 51.5 Å². The first-order chi connectivity index (χ1) is 13.1. The van der Waals surface area contributed by atoms with Crippen LogP contribution in [0.3, 0.4) is 0 Å². The molecule has 0 bridgehead atoms. The van der Waals surface area contributed by atoms with Crippen LogP contribution in [0.1, 0.15) is 70.5 Å². The van der Waals surface area contributed by atoms with E-state index in [0.717, 1.165) is 52.8 Å². The Bertz CT molecular complexity index is 1020. The van der Waals surface area contributed by atoms with Crippen LogP contribution in [-0.4, -0.2) is 32.5 Å². The van der Waals surface area contributed by atoms with E-state index in [1.54, 1.807) is 6.20 Å². The van der Waals surface area contributed by atoms with Gasteiger partial charge in [-0.3, -0.25) is 14.9 Å². The number of carbonyl (C=O) groups excluding carboxylic acids is 1. The fourth-order valence-electron chi connectivity index (χ4n) is 4.41. The van der Waals surface area contributed by atoms with Crippen molar-refractivity contribution in [1.29, 1.82) is 0 Å². The lowest BCUT2D eigenvalue weighted by atomic mass is 9.99. The quantitative estimate of drug-likeness (QED) is 0.751. The molecule has 1 aliphatic carbocycles. The molecular weight excluding hydrogens is 336 g/mol. The second kappa shape index (κ2) is 6.19. The minimum Gasteiger partial charge on any atom is -0.330 e. The average molecular weight is 360 g/mol. The summed E-state index contributed by atoms with van der Waals surface area (Å²) in [6, 6.07) is 8.39. The number of nitrogens with zero attached hydrogens (tertiary/aromatic N) is 3. The van der Waals surface area contributed by atoms with Crippen molar-refractivity contribution < 1.29 is 4.79 Å². The topological polar surface area (TPSA) is 61.9 Å². The van der Waals surface area contributed by atoms with Crippen molar-refractivity contribution in [3.8, 4) is 0 Å². The van der Waals surface area contributed by atoms with Crippen molar-refractivity contribution in [3.63, 3.8) is 0 Å². The molecule has 2 aromatic heterocycles. The van der Waals surface area contributed by atoms with E-state index in [1.165, 1.54) is 18.4 Å². The Morgan fingerprint density at radius 2 is 2.04 bits per heavy atom. The molecule has 0 radical (unpaired) electrons. The van der Waals surface area contributed by atoms with E-state index in [1.807, 2.05) is 11.0 Å². The Morgan fingerprint density at radius 3 is 2.78 bits per heavy atom. The molecule has 1 unspecified atom stereocenters. The highest BCUT2D eigenvalue weighted by atomic mass is 16.2. The van der Waals surface area contributed by atoms with Gasteiger partial charge in [-0.1, -0.05) is 11.6 Å². The fraction of sp³-hybridized carbons (Fsp3) is 0.409. The molecule has 2 fully saturated rings. The first-order valence-electron chi connectivity index (χ1n) is 9.84. The van der Waals surface area contributed by atoms with E-state index in [4.69, 9.17) is 4.98 Å². The number of aromatic amines is 1. The van der Waals surface area contributed by atoms with Gasteiger partial charge in [0, 0.05) is 29.7 Å². The average Bonchev–Trinajstić information content (AvgIpc) is 3.16. The predicted molar refractivity (Wildman–Crippen MR) is 105 cm³/mol. The number of fused-ring (bicyclic) bond motifs is 1. The molecule has 1 saturated heterocycles. The number of amides is 1. The molecule has 1 aromatic carbocycles. The maximum Gasteiger partial charge on any atom is 0.255 e. The summed E-state index contributed by atoms with van der Waals surface area (Å²) in [5.41, 5.74) is 6.20. The minimum atomic E-state index is 0.0819. The molecule has 138 valence electrons. The number of hydrogen-bond acceptors (Lipinski definition) is 3. The van der Waals surface area contributed by atoms with Crippen LogP contribution in [0.25, 0.3) is 10.9 Å². The number of hydrogen-bond donors (Lipinski definition) is 1. The second-order valence-corrected chi connectivity index (χ2v) is 8.02. The number of carbonyl (C=O) groups is 1. The van der Waals surface area contributed by atoms with Gasteiger partial charge in [-0.15, -0.1) is 0 Å². The highest BCUT2D eigenvalue weighted by Crippen LogP contribution is 2.41. The summed E-state index contributed by atoms with van der Waals surface area (Å²) in [6.07, 6.45) is 6.11. The van der Waals surface area contributed by atoms with Crippen LogP contribution < -0.4 is 0 Å². The number of aryl methyl sites for hydroxylation is 2. The molecular formula is C22H24N4O. The smallest absolute Gasteiger partial charge is 0.255 e. The molecule has 1 amide bonds. The van der Waals surface area contributed by atoms with E-state index in [-0.39, 0.29) is 11.9 Å². The van der Waals surface area contributed by atoms with Gasteiger partial charge in [0.15, 0.2) is 0 Å². The Hall–Kier alpha value is -2.69. The predicted octanol–water partition coefficient (Wildman–Crippen LogP) is 4.43. The lowest BCUT2D eigenvalue weighted by molar-refractivity contribution is 0.0734. The third-order valence-electron chi connectivity index (χ3n) is 5.89.